The van der Waals surface area contributed by atoms with Gasteiger partial charge in [-0.1, -0.05) is 0 Å². The Morgan fingerprint density at radius 1 is 1.18 bits per heavy atom. The Bertz CT molecular complexity index is 460. The molecule has 1 rings (SSSR count). The maximum Gasteiger partial charge on any atom is 0.337 e. The third kappa shape index (κ3) is 3.82. The van der Waals surface area contributed by atoms with Crippen LogP contribution in [0.1, 0.15) is 10.4 Å². The van der Waals surface area contributed by atoms with Crippen molar-refractivity contribution in [1.29, 1.82) is 0 Å². The minimum absolute atomic E-state index is 0.0594. The summed E-state index contributed by atoms with van der Waals surface area (Å²) in [5.41, 5.74) is 16.7. The molecule has 0 aliphatic carbocycles. The second kappa shape index (κ2) is 5.50. The molecule has 0 heterocycles. The van der Waals surface area contributed by atoms with Crippen LogP contribution in [0.4, 0.5) is 5.69 Å². The number of nitrogens with two attached hydrogens (primary N) is 3. The molecule has 17 heavy (non-hydrogen) atoms. The Labute approximate surface area is 98.0 Å². The summed E-state index contributed by atoms with van der Waals surface area (Å²) in [7, 11) is 1.31. The first-order valence-corrected chi connectivity index (χ1v) is 4.65. The van der Waals surface area contributed by atoms with Crippen LogP contribution >= 0.6 is 0 Å². The molecule has 0 aliphatic rings. The van der Waals surface area contributed by atoms with Gasteiger partial charge in [0, 0.05) is 0 Å². The molecule has 0 aliphatic heterocycles. The minimum atomic E-state index is -0.419. The van der Waals surface area contributed by atoms with E-state index in [0.29, 0.717) is 11.3 Å². The molecule has 6 N–H and O–H groups in total. The van der Waals surface area contributed by atoms with E-state index in [1.807, 2.05) is 0 Å². The zero-order valence-corrected chi connectivity index (χ0v) is 9.25. The van der Waals surface area contributed by atoms with Crippen molar-refractivity contribution in [3.05, 3.63) is 29.8 Å². The molecule has 0 fully saturated rings. The quantitative estimate of drug-likeness (QED) is 0.368. The van der Waals surface area contributed by atoms with Crippen molar-refractivity contribution >= 4 is 23.6 Å². The van der Waals surface area contributed by atoms with Gasteiger partial charge in [0.05, 0.1) is 18.4 Å². The van der Waals surface area contributed by atoms with Crippen LogP contribution < -0.4 is 17.2 Å². The smallest absolute Gasteiger partial charge is 0.337 e. The predicted molar refractivity (Wildman–Crippen MR) is 64.9 cm³/mol. The number of hydrogen-bond acceptors (Lipinski definition) is 3. The number of carbonyl (C=O) groups excluding carboxylic acids is 1. The molecule has 0 bridgehead atoms. The van der Waals surface area contributed by atoms with Crippen LogP contribution in [0.15, 0.2) is 34.3 Å². The standard InChI is InChI=1S/C10H13N5O2/c1-17-8(16)6-2-4-7(5-3-6)14-10(13)15-9(11)12/h2-5H,1H3,(H6,11,12,13,14,15). The molecular formula is C10H13N5O2. The average molecular weight is 235 g/mol. The van der Waals surface area contributed by atoms with Crippen LogP contribution in [-0.2, 0) is 4.74 Å². The SMILES string of the molecule is COC(=O)c1ccc(N=C(N)N=C(N)N)cc1. The molecule has 1 aromatic carbocycles. The Kier molecular flexibility index (Phi) is 4.04. The predicted octanol–water partition coefficient (Wildman–Crippen LogP) is -0.307. The van der Waals surface area contributed by atoms with E-state index in [4.69, 9.17) is 17.2 Å². The van der Waals surface area contributed by atoms with Crippen molar-refractivity contribution in [3.8, 4) is 0 Å². The van der Waals surface area contributed by atoms with E-state index in [9.17, 15) is 4.79 Å². The number of benzene rings is 1. The van der Waals surface area contributed by atoms with E-state index in [-0.39, 0.29) is 11.9 Å². The Balaban J connectivity index is 2.89. The molecular weight excluding hydrogens is 222 g/mol. The van der Waals surface area contributed by atoms with Gasteiger partial charge in [-0.15, -0.1) is 0 Å². The molecule has 0 atom stereocenters. The molecule has 0 spiro atoms. The van der Waals surface area contributed by atoms with Gasteiger partial charge in [-0.3, -0.25) is 0 Å². The van der Waals surface area contributed by atoms with E-state index in [1.165, 1.54) is 7.11 Å². The first-order valence-electron chi connectivity index (χ1n) is 4.65. The van der Waals surface area contributed by atoms with Gasteiger partial charge in [-0.25, -0.2) is 9.79 Å². The number of aliphatic imine (C=N–C) groups is 2. The van der Waals surface area contributed by atoms with Gasteiger partial charge >= 0.3 is 5.97 Å². The second-order valence-electron chi connectivity index (χ2n) is 3.05. The summed E-state index contributed by atoms with van der Waals surface area (Å²) in [5.74, 6) is -0.647. The summed E-state index contributed by atoms with van der Waals surface area (Å²) in [6, 6.07) is 6.32. The zero-order valence-electron chi connectivity index (χ0n) is 9.25. The molecule has 0 amide bonds. The highest BCUT2D eigenvalue weighted by molar-refractivity contribution is 5.94. The molecule has 0 radical (unpaired) electrons. The third-order valence-corrected chi connectivity index (χ3v) is 1.78. The fourth-order valence-corrected chi connectivity index (χ4v) is 1.08. The average Bonchev–Trinajstić information content (AvgIpc) is 2.28. The van der Waals surface area contributed by atoms with Crippen LogP contribution in [0.2, 0.25) is 0 Å². The molecule has 7 heteroatoms. The normalized spacial score (nSPS) is 10.8. The molecule has 1 aromatic rings. The van der Waals surface area contributed by atoms with Crippen molar-refractivity contribution in [2.75, 3.05) is 7.11 Å². The zero-order chi connectivity index (χ0) is 12.8. The van der Waals surface area contributed by atoms with Gasteiger partial charge in [0.15, 0.2) is 5.96 Å². The van der Waals surface area contributed by atoms with E-state index in [1.54, 1.807) is 24.3 Å². The topological polar surface area (TPSA) is 129 Å². The highest BCUT2D eigenvalue weighted by atomic mass is 16.5. The second-order valence-corrected chi connectivity index (χ2v) is 3.05. The summed E-state index contributed by atoms with van der Waals surface area (Å²) in [5, 5.41) is 0. The number of ether oxygens (including phenoxy) is 1. The van der Waals surface area contributed by atoms with Crippen molar-refractivity contribution in [2.45, 2.75) is 0 Å². The maximum atomic E-state index is 11.2. The number of guanidine groups is 2. The van der Waals surface area contributed by atoms with Crippen LogP contribution in [-0.4, -0.2) is 25.0 Å². The van der Waals surface area contributed by atoms with Gasteiger partial charge < -0.3 is 21.9 Å². The third-order valence-electron chi connectivity index (χ3n) is 1.78. The van der Waals surface area contributed by atoms with E-state index in [2.05, 4.69) is 14.7 Å². The fourth-order valence-electron chi connectivity index (χ4n) is 1.08. The minimum Gasteiger partial charge on any atom is -0.465 e. The largest absolute Gasteiger partial charge is 0.465 e. The van der Waals surface area contributed by atoms with Crippen LogP contribution in [0.5, 0.6) is 0 Å². The lowest BCUT2D eigenvalue weighted by atomic mass is 10.2. The number of carbonyl (C=O) groups is 1. The number of methoxy groups -OCH3 is 1. The molecule has 0 aromatic heterocycles. The number of hydrogen-bond donors (Lipinski definition) is 3. The summed E-state index contributed by atoms with van der Waals surface area (Å²) in [6.45, 7) is 0. The van der Waals surface area contributed by atoms with Gasteiger partial charge in [0.25, 0.3) is 0 Å². The molecule has 0 saturated carbocycles. The monoisotopic (exact) mass is 235 g/mol. The first-order chi connectivity index (χ1) is 8.02. The highest BCUT2D eigenvalue weighted by Gasteiger charge is 2.03. The van der Waals surface area contributed by atoms with E-state index < -0.39 is 5.97 Å². The summed E-state index contributed by atoms with van der Waals surface area (Å²) in [6.07, 6.45) is 0. The Morgan fingerprint density at radius 3 is 2.24 bits per heavy atom. The van der Waals surface area contributed by atoms with E-state index in [0.717, 1.165) is 0 Å². The Morgan fingerprint density at radius 2 is 1.76 bits per heavy atom. The summed E-state index contributed by atoms with van der Waals surface area (Å²) >= 11 is 0. The number of nitrogens with zero attached hydrogens (tertiary/aromatic N) is 2. The summed E-state index contributed by atoms with van der Waals surface area (Å²) in [4.78, 5) is 18.6. The van der Waals surface area contributed by atoms with Crippen molar-refractivity contribution < 1.29 is 9.53 Å². The van der Waals surface area contributed by atoms with Crippen LogP contribution in [0, 0.1) is 0 Å². The van der Waals surface area contributed by atoms with Gasteiger partial charge in [-0.05, 0) is 24.3 Å². The molecule has 7 nitrogen and oxygen atoms in total. The van der Waals surface area contributed by atoms with Gasteiger partial charge in [0.2, 0.25) is 5.96 Å². The molecule has 90 valence electrons. The van der Waals surface area contributed by atoms with Crippen LogP contribution in [0.3, 0.4) is 0 Å². The number of rotatable bonds is 2. The van der Waals surface area contributed by atoms with Crippen LogP contribution in [0.25, 0.3) is 0 Å². The Hall–Kier alpha value is -2.57. The van der Waals surface area contributed by atoms with Crippen molar-refractivity contribution in [1.82, 2.24) is 0 Å². The van der Waals surface area contributed by atoms with Gasteiger partial charge in [0.1, 0.15) is 0 Å². The lowest BCUT2D eigenvalue weighted by Gasteiger charge is -1.99. The highest BCUT2D eigenvalue weighted by Crippen LogP contribution is 2.13. The fraction of sp³-hybridized carbons (Fsp3) is 0.100. The van der Waals surface area contributed by atoms with E-state index >= 15 is 0 Å². The van der Waals surface area contributed by atoms with Crippen molar-refractivity contribution in [3.63, 3.8) is 0 Å². The molecule has 0 saturated heterocycles. The maximum absolute atomic E-state index is 11.2. The lowest BCUT2D eigenvalue weighted by Crippen LogP contribution is -2.26. The first kappa shape index (κ1) is 12.5. The lowest BCUT2D eigenvalue weighted by molar-refractivity contribution is 0.0601. The van der Waals surface area contributed by atoms with Crippen molar-refractivity contribution in [2.24, 2.45) is 27.2 Å². The summed E-state index contributed by atoms with van der Waals surface area (Å²) < 4.78 is 4.56. The molecule has 0 unspecified atom stereocenters. The number of esters is 1. The van der Waals surface area contributed by atoms with Gasteiger partial charge in [-0.2, -0.15) is 4.99 Å².